The maximum Gasteiger partial charge on any atom is 0.223 e. The maximum absolute atomic E-state index is 11.0. The molecule has 1 amide bonds. The molecule has 1 heterocycles. The lowest BCUT2D eigenvalue weighted by Crippen LogP contribution is -2.38. The molecule has 0 aliphatic carbocycles. The summed E-state index contributed by atoms with van der Waals surface area (Å²) < 4.78 is 0. The van der Waals surface area contributed by atoms with E-state index < -0.39 is 0 Å². The first-order valence-corrected chi connectivity index (χ1v) is 5.04. The number of likely N-dealkylation sites (tertiary alicyclic amines) is 1. The van der Waals surface area contributed by atoms with Crippen molar-refractivity contribution in [1.29, 1.82) is 0 Å². The van der Waals surface area contributed by atoms with E-state index in [9.17, 15) is 4.79 Å². The normalized spacial score (nSPS) is 22.8. The Morgan fingerprint density at radius 2 is 2.15 bits per heavy atom. The predicted molar refractivity (Wildman–Crippen MR) is 53.3 cm³/mol. The lowest BCUT2D eigenvalue weighted by Gasteiger charge is -2.25. The van der Waals surface area contributed by atoms with Crippen LogP contribution in [0, 0.1) is 6.92 Å². The summed E-state index contributed by atoms with van der Waals surface area (Å²) in [5.41, 5.74) is 0. The van der Waals surface area contributed by atoms with Crippen molar-refractivity contribution in [1.82, 2.24) is 9.80 Å². The molecule has 3 heteroatoms. The van der Waals surface area contributed by atoms with E-state index in [1.54, 1.807) is 0 Å². The van der Waals surface area contributed by atoms with Gasteiger partial charge in [-0.3, -0.25) is 9.69 Å². The molecule has 0 spiro atoms. The Bertz CT molecular complexity index is 178. The molecule has 1 aliphatic heterocycles. The van der Waals surface area contributed by atoms with Crippen LogP contribution in [0.3, 0.4) is 0 Å². The van der Waals surface area contributed by atoms with Gasteiger partial charge in [0, 0.05) is 26.1 Å². The molecular formula is C10H19N2O. The second-order valence-electron chi connectivity index (χ2n) is 3.50. The molecule has 0 aromatic carbocycles. The zero-order valence-electron chi connectivity index (χ0n) is 8.62. The SMILES string of the molecule is [CH2]C(=O)N1CCC(N(CC)CC)C1. The van der Waals surface area contributed by atoms with Gasteiger partial charge in [0.05, 0.1) is 0 Å². The van der Waals surface area contributed by atoms with Crippen LogP contribution in [0.15, 0.2) is 0 Å². The molecule has 0 saturated carbocycles. The minimum absolute atomic E-state index is 0.0327. The van der Waals surface area contributed by atoms with Crippen LogP contribution in [0.4, 0.5) is 0 Å². The molecule has 1 unspecified atom stereocenters. The minimum atomic E-state index is -0.0327. The molecular weight excluding hydrogens is 164 g/mol. The second kappa shape index (κ2) is 4.61. The lowest BCUT2D eigenvalue weighted by molar-refractivity contribution is -0.125. The average Bonchev–Trinajstić information content (AvgIpc) is 2.56. The minimum Gasteiger partial charge on any atom is -0.341 e. The Morgan fingerprint density at radius 3 is 2.54 bits per heavy atom. The van der Waals surface area contributed by atoms with Gasteiger partial charge in [-0.15, -0.1) is 0 Å². The highest BCUT2D eigenvalue weighted by molar-refractivity contribution is 5.80. The van der Waals surface area contributed by atoms with Crippen LogP contribution < -0.4 is 0 Å². The summed E-state index contributed by atoms with van der Waals surface area (Å²) in [6, 6.07) is 0.556. The van der Waals surface area contributed by atoms with Gasteiger partial charge in [0.15, 0.2) is 0 Å². The zero-order chi connectivity index (χ0) is 9.84. The largest absolute Gasteiger partial charge is 0.341 e. The molecule has 1 fully saturated rings. The average molecular weight is 183 g/mol. The first-order valence-electron chi connectivity index (χ1n) is 5.04. The molecule has 0 aromatic heterocycles. The van der Waals surface area contributed by atoms with Crippen molar-refractivity contribution in [2.75, 3.05) is 26.2 Å². The second-order valence-corrected chi connectivity index (χ2v) is 3.50. The van der Waals surface area contributed by atoms with Gasteiger partial charge in [0.25, 0.3) is 0 Å². The van der Waals surface area contributed by atoms with E-state index in [-0.39, 0.29) is 5.91 Å². The number of carbonyl (C=O) groups excluding carboxylic acids is 1. The molecule has 75 valence electrons. The van der Waals surface area contributed by atoms with E-state index in [0.29, 0.717) is 6.04 Å². The first-order chi connectivity index (χ1) is 6.19. The standard InChI is InChI=1S/C10H19N2O/c1-4-11(5-2)10-6-7-12(8-10)9(3)13/h10H,3-8H2,1-2H3. The Hall–Kier alpha value is -0.570. The Morgan fingerprint density at radius 1 is 1.54 bits per heavy atom. The number of nitrogens with zero attached hydrogens (tertiary/aromatic N) is 2. The summed E-state index contributed by atoms with van der Waals surface area (Å²) in [6.45, 7) is 11.6. The van der Waals surface area contributed by atoms with Crippen molar-refractivity contribution in [3.8, 4) is 0 Å². The third-order valence-electron chi connectivity index (χ3n) is 2.84. The van der Waals surface area contributed by atoms with Gasteiger partial charge in [-0.2, -0.15) is 0 Å². The Balaban J connectivity index is 2.43. The van der Waals surface area contributed by atoms with Gasteiger partial charge in [0.1, 0.15) is 0 Å². The first kappa shape index (κ1) is 10.5. The Kier molecular flexibility index (Phi) is 3.72. The van der Waals surface area contributed by atoms with Crippen LogP contribution in [-0.2, 0) is 4.79 Å². The number of hydrogen-bond acceptors (Lipinski definition) is 2. The fourth-order valence-electron chi connectivity index (χ4n) is 2.01. The van der Waals surface area contributed by atoms with E-state index in [0.717, 1.165) is 32.6 Å². The monoisotopic (exact) mass is 183 g/mol. The van der Waals surface area contributed by atoms with E-state index in [4.69, 9.17) is 0 Å². The molecule has 13 heavy (non-hydrogen) atoms. The molecule has 1 saturated heterocycles. The molecule has 1 rings (SSSR count). The highest BCUT2D eigenvalue weighted by Crippen LogP contribution is 2.14. The van der Waals surface area contributed by atoms with Crippen molar-refractivity contribution >= 4 is 5.91 Å². The quantitative estimate of drug-likeness (QED) is 0.645. The molecule has 3 nitrogen and oxygen atoms in total. The van der Waals surface area contributed by atoms with Crippen LogP contribution in [0.1, 0.15) is 20.3 Å². The van der Waals surface area contributed by atoms with E-state index in [1.807, 2.05) is 4.90 Å². The fourth-order valence-corrected chi connectivity index (χ4v) is 2.01. The van der Waals surface area contributed by atoms with Crippen molar-refractivity contribution in [3.63, 3.8) is 0 Å². The van der Waals surface area contributed by atoms with E-state index >= 15 is 0 Å². The van der Waals surface area contributed by atoms with Crippen molar-refractivity contribution in [2.24, 2.45) is 0 Å². The van der Waals surface area contributed by atoms with Gasteiger partial charge >= 0.3 is 0 Å². The number of rotatable bonds is 3. The summed E-state index contributed by atoms with van der Waals surface area (Å²) in [5.74, 6) is -0.0327. The molecule has 1 radical (unpaired) electrons. The molecule has 0 aromatic rings. The molecule has 1 aliphatic rings. The van der Waals surface area contributed by atoms with Crippen molar-refractivity contribution in [3.05, 3.63) is 6.92 Å². The third kappa shape index (κ3) is 2.44. The van der Waals surface area contributed by atoms with Crippen LogP contribution in [0.25, 0.3) is 0 Å². The molecule has 1 atom stereocenters. The van der Waals surface area contributed by atoms with Crippen molar-refractivity contribution < 1.29 is 4.79 Å². The van der Waals surface area contributed by atoms with Crippen LogP contribution in [-0.4, -0.2) is 47.9 Å². The molecule has 0 N–H and O–H groups in total. The summed E-state index contributed by atoms with van der Waals surface area (Å²) in [6.07, 6.45) is 1.10. The summed E-state index contributed by atoms with van der Waals surface area (Å²) in [7, 11) is 0. The third-order valence-corrected chi connectivity index (χ3v) is 2.84. The van der Waals surface area contributed by atoms with Gasteiger partial charge in [-0.05, 0) is 19.5 Å². The smallest absolute Gasteiger partial charge is 0.223 e. The Labute approximate surface area is 80.7 Å². The number of hydrogen-bond donors (Lipinski definition) is 0. The highest BCUT2D eigenvalue weighted by Gasteiger charge is 2.27. The maximum atomic E-state index is 11.0. The zero-order valence-corrected chi connectivity index (χ0v) is 8.62. The van der Waals surface area contributed by atoms with Crippen LogP contribution >= 0.6 is 0 Å². The number of likely N-dealkylation sites (N-methyl/N-ethyl adjacent to an activating group) is 1. The summed E-state index contributed by atoms with van der Waals surface area (Å²) >= 11 is 0. The lowest BCUT2D eigenvalue weighted by atomic mass is 10.2. The van der Waals surface area contributed by atoms with Crippen LogP contribution in [0.2, 0.25) is 0 Å². The topological polar surface area (TPSA) is 23.6 Å². The fraction of sp³-hybridized carbons (Fsp3) is 0.800. The highest BCUT2D eigenvalue weighted by atomic mass is 16.2. The van der Waals surface area contributed by atoms with Crippen molar-refractivity contribution in [2.45, 2.75) is 26.3 Å². The van der Waals surface area contributed by atoms with Gasteiger partial charge in [-0.25, -0.2) is 0 Å². The van der Waals surface area contributed by atoms with E-state index in [2.05, 4.69) is 25.7 Å². The van der Waals surface area contributed by atoms with Gasteiger partial charge in [-0.1, -0.05) is 13.8 Å². The number of carbonyl (C=O) groups is 1. The van der Waals surface area contributed by atoms with Gasteiger partial charge < -0.3 is 4.90 Å². The summed E-state index contributed by atoms with van der Waals surface area (Å²) in [4.78, 5) is 15.2. The van der Waals surface area contributed by atoms with E-state index in [1.165, 1.54) is 0 Å². The van der Waals surface area contributed by atoms with Gasteiger partial charge in [0.2, 0.25) is 5.91 Å². The predicted octanol–water partition coefficient (Wildman–Crippen LogP) is 0.763. The number of amides is 1. The van der Waals surface area contributed by atoms with Crippen LogP contribution in [0.5, 0.6) is 0 Å². The summed E-state index contributed by atoms with van der Waals surface area (Å²) in [5, 5.41) is 0. The molecule has 0 bridgehead atoms.